The van der Waals surface area contributed by atoms with Crippen molar-refractivity contribution in [2.75, 3.05) is 0 Å². The summed E-state index contributed by atoms with van der Waals surface area (Å²) in [5.74, 6) is 1.47. The Labute approximate surface area is 138 Å². The summed E-state index contributed by atoms with van der Waals surface area (Å²) in [5.41, 5.74) is 0.148. The average Bonchev–Trinajstić information content (AvgIpc) is 2.83. The number of nitrogens with zero attached hydrogens (tertiary/aromatic N) is 1. The minimum atomic E-state index is -0.139. The third-order valence-electron chi connectivity index (χ3n) is 7.13. The second-order valence-electron chi connectivity index (χ2n) is 8.22. The van der Waals surface area contributed by atoms with E-state index in [1.807, 2.05) is 0 Å². The fourth-order valence-electron chi connectivity index (χ4n) is 6.09. The average molecular weight is 317 g/mol. The molecular formula is C19H27NO3. The first-order valence-electron chi connectivity index (χ1n) is 9.15. The van der Waals surface area contributed by atoms with Gasteiger partial charge >= 0.3 is 5.97 Å². The van der Waals surface area contributed by atoms with Crippen LogP contribution in [0.1, 0.15) is 58.8 Å². The third-order valence-corrected chi connectivity index (χ3v) is 7.13. The molecule has 0 radical (unpaired) electrons. The summed E-state index contributed by atoms with van der Waals surface area (Å²) < 4.78 is 5.67. The first kappa shape index (κ1) is 15.2. The molecule has 23 heavy (non-hydrogen) atoms. The highest BCUT2D eigenvalue weighted by molar-refractivity contribution is 5.90. The Morgan fingerprint density at radius 3 is 2.87 bits per heavy atom. The van der Waals surface area contributed by atoms with E-state index in [1.165, 1.54) is 19.8 Å². The minimum absolute atomic E-state index is 0.0992. The molecule has 0 N–H and O–H groups in total. The maximum Gasteiger partial charge on any atom is 0.302 e. The molecular weight excluding hydrogens is 290 g/mol. The van der Waals surface area contributed by atoms with E-state index in [4.69, 9.17) is 4.74 Å². The van der Waals surface area contributed by atoms with Gasteiger partial charge in [0, 0.05) is 37.0 Å². The second kappa shape index (κ2) is 5.35. The van der Waals surface area contributed by atoms with Crippen LogP contribution >= 0.6 is 0 Å². The number of carbonyl (C=O) groups is 2. The van der Waals surface area contributed by atoms with Crippen LogP contribution in [-0.4, -0.2) is 34.8 Å². The number of hydrogen-bond acceptors (Lipinski definition) is 4. The number of carbonyl (C=O) groups excluding carboxylic acids is 2. The van der Waals surface area contributed by atoms with Crippen molar-refractivity contribution >= 4 is 11.8 Å². The number of allylic oxidation sites excluding steroid dienone is 1. The fraction of sp³-hybridized carbons (Fsp3) is 0.789. The molecule has 0 spiro atoms. The van der Waals surface area contributed by atoms with E-state index in [0.717, 1.165) is 25.7 Å². The van der Waals surface area contributed by atoms with Crippen molar-refractivity contribution in [3.8, 4) is 0 Å². The first-order chi connectivity index (χ1) is 11.0. The number of piperidine rings is 1. The van der Waals surface area contributed by atoms with E-state index in [9.17, 15) is 9.59 Å². The van der Waals surface area contributed by atoms with Crippen molar-refractivity contribution in [2.24, 2.45) is 17.3 Å². The summed E-state index contributed by atoms with van der Waals surface area (Å²) in [5, 5.41) is 0. The summed E-state index contributed by atoms with van der Waals surface area (Å²) in [6.45, 7) is 3.87. The predicted octanol–water partition coefficient (Wildman–Crippen LogP) is 3.06. The zero-order valence-electron chi connectivity index (χ0n) is 14.2. The van der Waals surface area contributed by atoms with Gasteiger partial charge in [-0.1, -0.05) is 6.92 Å². The van der Waals surface area contributed by atoms with Crippen LogP contribution in [0.25, 0.3) is 0 Å². The Morgan fingerprint density at radius 2 is 2.09 bits per heavy atom. The molecule has 0 bridgehead atoms. The SMILES string of the molecule is CC(=O)O[C@H]1CCC2[C@@H]3CC[C@@H]4CC(=O)C=CN4[C@H]3CC[C@@]21C. The number of esters is 1. The van der Waals surface area contributed by atoms with Gasteiger partial charge in [0.25, 0.3) is 0 Å². The van der Waals surface area contributed by atoms with E-state index in [1.54, 1.807) is 6.08 Å². The zero-order chi connectivity index (χ0) is 16.2. The molecule has 6 atom stereocenters. The van der Waals surface area contributed by atoms with Gasteiger partial charge in [0.2, 0.25) is 0 Å². The molecule has 0 aromatic carbocycles. The Balaban J connectivity index is 1.57. The van der Waals surface area contributed by atoms with E-state index in [2.05, 4.69) is 18.0 Å². The molecule has 2 aliphatic carbocycles. The third kappa shape index (κ3) is 2.33. The van der Waals surface area contributed by atoms with Crippen LogP contribution in [0.3, 0.4) is 0 Å². The van der Waals surface area contributed by atoms with Crippen LogP contribution in [0.5, 0.6) is 0 Å². The van der Waals surface area contributed by atoms with E-state index in [0.29, 0.717) is 30.3 Å². The summed E-state index contributed by atoms with van der Waals surface area (Å²) in [6, 6.07) is 0.996. The molecule has 1 saturated heterocycles. The quantitative estimate of drug-likeness (QED) is 0.697. The predicted molar refractivity (Wildman–Crippen MR) is 86.5 cm³/mol. The second-order valence-corrected chi connectivity index (χ2v) is 8.22. The van der Waals surface area contributed by atoms with E-state index in [-0.39, 0.29) is 23.3 Å². The smallest absolute Gasteiger partial charge is 0.302 e. The van der Waals surface area contributed by atoms with Gasteiger partial charge in [-0.05, 0) is 56.4 Å². The first-order valence-corrected chi connectivity index (χ1v) is 9.15. The van der Waals surface area contributed by atoms with Crippen LogP contribution in [0.15, 0.2) is 12.3 Å². The molecule has 126 valence electrons. The van der Waals surface area contributed by atoms with Crippen LogP contribution in [0.4, 0.5) is 0 Å². The molecule has 0 amide bonds. The standard InChI is InChI=1S/C19H27NO3/c1-12(21)23-18-6-5-16-15-4-3-13-11-14(22)8-10-20(13)17(15)7-9-19(16,18)2/h8,10,13,15-18H,3-7,9,11H2,1-2H3/t13-,15+,16?,17+,18+,19+/m1/s1. The molecule has 4 nitrogen and oxygen atoms in total. The highest BCUT2D eigenvalue weighted by Crippen LogP contribution is 2.58. The number of rotatable bonds is 1. The van der Waals surface area contributed by atoms with Gasteiger partial charge in [0.15, 0.2) is 5.78 Å². The van der Waals surface area contributed by atoms with E-state index < -0.39 is 0 Å². The van der Waals surface area contributed by atoms with Crippen molar-refractivity contribution in [3.63, 3.8) is 0 Å². The largest absolute Gasteiger partial charge is 0.462 e. The normalized spacial score (nSPS) is 45.2. The van der Waals surface area contributed by atoms with Crippen molar-refractivity contribution < 1.29 is 14.3 Å². The van der Waals surface area contributed by atoms with Gasteiger partial charge in [-0.25, -0.2) is 0 Å². The lowest BCUT2D eigenvalue weighted by Crippen LogP contribution is -2.57. The Morgan fingerprint density at radius 1 is 1.26 bits per heavy atom. The number of ether oxygens (including phenoxy) is 1. The van der Waals surface area contributed by atoms with Gasteiger partial charge in [0.1, 0.15) is 6.10 Å². The molecule has 4 aliphatic rings. The molecule has 4 heteroatoms. The van der Waals surface area contributed by atoms with Crippen LogP contribution in [0, 0.1) is 17.3 Å². The summed E-state index contributed by atoms with van der Waals surface area (Å²) >= 11 is 0. The summed E-state index contributed by atoms with van der Waals surface area (Å²) in [4.78, 5) is 25.6. The van der Waals surface area contributed by atoms with Crippen molar-refractivity contribution in [1.29, 1.82) is 0 Å². The van der Waals surface area contributed by atoms with Gasteiger partial charge in [-0.15, -0.1) is 0 Å². The van der Waals surface area contributed by atoms with Crippen molar-refractivity contribution in [1.82, 2.24) is 4.90 Å². The maximum absolute atomic E-state index is 11.7. The molecule has 0 aromatic heterocycles. The van der Waals surface area contributed by atoms with Gasteiger partial charge in [-0.2, -0.15) is 0 Å². The van der Waals surface area contributed by atoms with Crippen LogP contribution < -0.4 is 0 Å². The topological polar surface area (TPSA) is 46.6 Å². The van der Waals surface area contributed by atoms with Gasteiger partial charge < -0.3 is 9.64 Å². The molecule has 2 saturated carbocycles. The van der Waals surface area contributed by atoms with Crippen LogP contribution in [0.2, 0.25) is 0 Å². The Bertz CT molecular complexity index is 557. The lowest BCUT2D eigenvalue weighted by atomic mass is 9.59. The maximum atomic E-state index is 11.7. The molecule has 1 unspecified atom stereocenters. The van der Waals surface area contributed by atoms with Gasteiger partial charge in [0.05, 0.1) is 0 Å². The minimum Gasteiger partial charge on any atom is -0.462 e. The van der Waals surface area contributed by atoms with E-state index >= 15 is 0 Å². The Kier molecular flexibility index (Phi) is 3.54. The zero-order valence-corrected chi connectivity index (χ0v) is 14.2. The lowest BCUT2D eigenvalue weighted by molar-refractivity contribution is -0.156. The van der Waals surface area contributed by atoms with Gasteiger partial charge in [-0.3, -0.25) is 9.59 Å². The molecule has 4 rings (SSSR count). The Hall–Kier alpha value is -1.32. The van der Waals surface area contributed by atoms with Crippen molar-refractivity contribution in [3.05, 3.63) is 12.3 Å². The monoisotopic (exact) mass is 317 g/mol. The number of ketones is 1. The number of fused-ring (bicyclic) bond motifs is 5. The van der Waals surface area contributed by atoms with Crippen molar-refractivity contribution in [2.45, 2.75) is 77.0 Å². The summed E-state index contributed by atoms with van der Waals surface area (Å²) in [7, 11) is 0. The molecule has 0 aromatic rings. The molecule has 2 aliphatic heterocycles. The fourth-order valence-corrected chi connectivity index (χ4v) is 6.09. The summed E-state index contributed by atoms with van der Waals surface area (Å²) in [6.07, 6.45) is 11.4. The molecule has 3 fully saturated rings. The number of hydrogen-bond donors (Lipinski definition) is 0. The lowest BCUT2D eigenvalue weighted by Gasteiger charge is -2.56. The highest BCUT2D eigenvalue weighted by Gasteiger charge is 2.57. The van der Waals surface area contributed by atoms with Crippen LogP contribution in [-0.2, 0) is 14.3 Å². The molecule has 2 heterocycles. The highest BCUT2D eigenvalue weighted by atomic mass is 16.5.